The van der Waals surface area contributed by atoms with Crippen molar-refractivity contribution in [2.24, 2.45) is 11.7 Å². The number of hydrogen-bond donors (Lipinski definition) is 1. The second-order valence-corrected chi connectivity index (χ2v) is 4.56. The molecule has 0 amide bonds. The van der Waals surface area contributed by atoms with Gasteiger partial charge in [-0.25, -0.2) is 4.39 Å². The largest absolute Gasteiger partial charge is 0.381 e. The topological polar surface area (TPSA) is 35.2 Å². The summed E-state index contributed by atoms with van der Waals surface area (Å²) in [6, 6.07) is 4.66. The summed E-state index contributed by atoms with van der Waals surface area (Å²) >= 11 is 5.64. The van der Waals surface area contributed by atoms with E-state index in [0.717, 1.165) is 31.6 Å². The third-order valence-corrected chi connectivity index (χ3v) is 3.41. The number of nitrogens with two attached hydrogens (primary N) is 1. The van der Waals surface area contributed by atoms with Crippen molar-refractivity contribution >= 4 is 24.0 Å². The predicted octanol–water partition coefficient (Wildman–Crippen LogP) is 3.33. The molecule has 2 nitrogen and oxygen atoms in total. The van der Waals surface area contributed by atoms with E-state index in [1.165, 1.54) is 6.07 Å². The summed E-state index contributed by atoms with van der Waals surface area (Å²) in [5, 5.41) is 0.142. The molecule has 1 aromatic carbocycles. The first-order chi connectivity index (χ1) is 7.68. The smallest absolute Gasteiger partial charge is 0.142 e. The van der Waals surface area contributed by atoms with Crippen LogP contribution in [0.25, 0.3) is 0 Å². The molecule has 5 heteroatoms. The maximum Gasteiger partial charge on any atom is 0.142 e. The lowest BCUT2D eigenvalue weighted by atomic mass is 9.88. The van der Waals surface area contributed by atoms with Crippen molar-refractivity contribution in [1.82, 2.24) is 0 Å². The lowest BCUT2D eigenvalue weighted by Crippen LogP contribution is -2.27. The van der Waals surface area contributed by atoms with Crippen molar-refractivity contribution in [3.05, 3.63) is 34.6 Å². The maximum absolute atomic E-state index is 13.3. The van der Waals surface area contributed by atoms with Gasteiger partial charge in [-0.15, -0.1) is 12.4 Å². The average Bonchev–Trinajstić information content (AvgIpc) is 2.33. The van der Waals surface area contributed by atoms with Crippen LogP contribution < -0.4 is 5.73 Å². The lowest BCUT2D eigenvalue weighted by Gasteiger charge is -2.27. The Kier molecular flexibility index (Phi) is 5.67. The molecule has 96 valence electrons. The Morgan fingerprint density at radius 3 is 2.59 bits per heavy atom. The zero-order valence-electron chi connectivity index (χ0n) is 9.36. The molecule has 1 fully saturated rings. The molecule has 0 bridgehead atoms. The summed E-state index contributed by atoms with van der Waals surface area (Å²) < 4.78 is 18.6. The second-order valence-electron chi connectivity index (χ2n) is 4.15. The highest BCUT2D eigenvalue weighted by atomic mass is 35.5. The van der Waals surface area contributed by atoms with Crippen LogP contribution in [-0.4, -0.2) is 13.2 Å². The molecule has 0 aliphatic carbocycles. The number of hydrogen-bond acceptors (Lipinski definition) is 2. The van der Waals surface area contributed by atoms with E-state index in [4.69, 9.17) is 22.1 Å². The van der Waals surface area contributed by atoms with Crippen LogP contribution in [-0.2, 0) is 4.74 Å². The maximum atomic E-state index is 13.3. The first-order valence-corrected chi connectivity index (χ1v) is 5.84. The van der Waals surface area contributed by atoms with Gasteiger partial charge in [-0.05, 0) is 36.5 Å². The van der Waals surface area contributed by atoms with Crippen LogP contribution in [0, 0.1) is 11.7 Å². The predicted molar refractivity (Wildman–Crippen MR) is 69.1 cm³/mol. The normalized spacial score (nSPS) is 18.5. The summed E-state index contributed by atoms with van der Waals surface area (Å²) in [6.45, 7) is 1.49. The van der Waals surface area contributed by atoms with E-state index in [1.54, 1.807) is 12.1 Å². The Morgan fingerprint density at radius 1 is 1.35 bits per heavy atom. The Bertz CT molecular complexity index is 370. The minimum absolute atomic E-state index is 0. The molecule has 1 heterocycles. The van der Waals surface area contributed by atoms with Crippen LogP contribution >= 0.6 is 24.0 Å². The van der Waals surface area contributed by atoms with E-state index in [1.807, 2.05) is 0 Å². The van der Waals surface area contributed by atoms with Crippen LogP contribution in [0.1, 0.15) is 24.4 Å². The van der Waals surface area contributed by atoms with Crippen LogP contribution in [0.15, 0.2) is 18.2 Å². The van der Waals surface area contributed by atoms with Crippen molar-refractivity contribution in [1.29, 1.82) is 0 Å². The molecule has 1 aliphatic rings. The molecule has 1 aromatic rings. The number of halogens is 3. The van der Waals surface area contributed by atoms with Gasteiger partial charge in [-0.1, -0.05) is 17.7 Å². The van der Waals surface area contributed by atoms with Crippen LogP contribution in [0.3, 0.4) is 0 Å². The zero-order chi connectivity index (χ0) is 11.5. The molecule has 0 unspecified atom stereocenters. The molecule has 1 aliphatic heterocycles. The lowest BCUT2D eigenvalue weighted by molar-refractivity contribution is 0.0583. The molecule has 0 spiro atoms. The summed E-state index contributed by atoms with van der Waals surface area (Å²) in [5.74, 6) is -0.0315. The Balaban J connectivity index is 0.00000144. The standard InChI is InChI=1S/C12H15ClFNO.ClH/c13-10-2-1-9(7-11(10)14)12(15)8-3-5-16-6-4-8;/h1-2,7-8,12H,3-6,15H2;1H/t12-;/m0./s1. The molecule has 1 saturated heterocycles. The van der Waals surface area contributed by atoms with Crippen molar-refractivity contribution < 1.29 is 9.13 Å². The van der Waals surface area contributed by atoms with Crippen molar-refractivity contribution in [3.63, 3.8) is 0 Å². The van der Waals surface area contributed by atoms with Gasteiger partial charge in [-0.2, -0.15) is 0 Å². The molecule has 0 radical (unpaired) electrons. The van der Waals surface area contributed by atoms with Gasteiger partial charge in [-0.3, -0.25) is 0 Å². The van der Waals surface area contributed by atoms with Crippen molar-refractivity contribution in [2.45, 2.75) is 18.9 Å². The third-order valence-electron chi connectivity index (χ3n) is 3.10. The fraction of sp³-hybridized carbons (Fsp3) is 0.500. The fourth-order valence-electron chi connectivity index (χ4n) is 2.07. The van der Waals surface area contributed by atoms with E-state index < -0.39 is 5.82 Å². The van der Waals surface area contributed by atoms with Gasteiger partial charge < -0.3 is 10.5 Å². The highest BCUT2D eigenvalue weighted by Gasteiger charge is 2.22. The Labute approximate surface area is 112 Å². The van der Waals surface area contributed by atoms with Gasteiger partial charge in [0.1, 0.15) is 5.82 Å². The zero-order valence-corrected chi connectivity index (χ0v) is 10.9. The molecule has 0 saturated carbocycles. The van der Waals surface area contributed by atoms with Gasteiger partial charge in [0, 0.05) is 19.3 Å². The first-order valence-electron chi connectivity index (χ1n) is 5.47. The summed E-state index contributed by atoms with van der Waals surface area (Å²) in [6.07, 6.45) is 1.87. The van der Waals surface area contributed by atoms with E-state index in [0.29, 0.717) is 5.92 Å². The minimum atomic E-state index is -0.401. The summed E-state index contributed by atoms with van der Waals surface area (Å²) in [7, 11) is 0. The van der Waals surface area contributed by atoms with Crippen molar-refractivity contribution in [2.75, 3.05) is 13.2 Å². The van der Waals surface area contributed by atoms with E-state index >= 15 is 0 Å². The fourth-order valence-corrected chi connectivity index (χ4v) is 2.18. The summed E-state index contributed by atoms with van der Waals surface area (Å²) in [4.78, 5) is 0. The molecule has 0 aromatic heterocycles. The van der Waals surface area contributed by atoms with Crippen LogP contribution in [0.5, 0.6) is 0 Å². The number of benzene rings is 1. The Morgan fingerprint density at radius 2 is 2.00 bits per heavy atom. The van der Waals surface area contributed by atoms with Gasteiger partial charge in [0.2, 0.25) is 0 Å². The highest BCUT2D eigenvalue weighted by Crippen LogP contribution is 2.29. The minimum Gasteiger partial charge on any atom is -0.381 e. The van der Waals surface area contributed by atoms with Crippen LogP contribution in [0.4, 0.5) is 4.39 Å². The molecular formula is C12H16Cl2FNO. The van der Waals surface area contributed by atoms with Gasteiger partial charge in [0.25, 0.3) is 0 Å². The monoisotopic (exact) mass is 279 g/mol. The van der Waals surface area contributed by atoms with E-state index in [-0.39, 0.29) is 23.5 Å². The number of rotatable bonds is 2. The first kappa shape index (κ1) is 14.7. The van der Waals surface area contributed by atoms with Crippen LogP contribution in [0.2, 0.25) is 5.02 Å². The quantitative estimate of drug-likeness (QED) is 0.901. The van der Waals surface area contributed by atoms with Gasteiger partial charge in [0.15, 0.2) is 0 Å². The molecule has 2 N–H and O–H groups in total. The highest BCUT2D eigenvalue weighted by molar-refractivity contribution is 6.30. The molecule has 1 atom stereocenters. The van der Waals surface area contributed by atoms with Gasteiger partial charge in [0.05, 0.1) is 5.02 Å². The molecule has 2 rings (SSSR count). The van der Waals surface area contributed by atoms with Gasteiger partial charge >= 0.3 is 0 Å². The Hall–Kier alpha value is -0.350. The average molecular weight is 280 g/mol. The molecular weight excluding hydrogens is 264 g/mol. The number of ether oxygens (including phenoxy) is 1. The second kappa shape index (κ2) is 6.55. The third kappa shape index (κ3) is 3.55. The SMILES string of the molecule is Cl.N[C@H](c1ccc(Cl)c(F)c1)C1CCOCC1. The van der Waals surface area contributed by atoms with E-state index in [9.17, 15) is 4.39 Å². The van der Waals surface area contributed by atoms with E-state index in [2.05, 4.69) is 0 Å². The van der Waals surface area contributed by atoms with Crippen molar-refractivity contribution in [3.8, 4) is 0 Å². The summed E-state index contributed by atoms with van der Waals surface area (Å²) in [5.41, 5.74) is 6.94. The molecule has 17 heavy (non-hydrogen) atoms.